The molecule has 9 aromatic rings. The number of rotatable bonds is 8. The van der Waals surface area contributed by atoms with E-state index >= 15 is 0 Å². The highest BCUT2D eigenvalue weighted by Gasteiger charge is 2.28. The Balaban J connectivity index is 1.13. The highest BCUT2D eigenvalue weighted by Crippen LogP contribution is 2.41. The predicted molar refractivity (Wildman–Crippen MR) is 253 cm³/mol. The zero-order chi connectivity index (χ0) is 39.9. The monoisotopic (exact) mass is 745 g/mol. The van der Waals surface area contributed by atoms with Gasteiger partial charge < -0.3 is 4.90 Å². The van der Waals surface area contributed by atoms with Crippen LogP contribution >= 0.6 is 0 Å². The fourth-order valence-electron chi connectivity index (χ4n) is 9.65. The molecule has 1 nitrogen and oxygen atoms in total. The second kappa shape index (κ2) is 15.4. The van der Waals surface area contributed by atoms with Gasteiger partial charge in [-0.05, 0) is 110 Å². The van der Waals surface area contributed by atoms with Crippen LogP contribution in [-0.4, -0.2) is 6.71 Å². The molecule has 0 heterocycles. The summed E-state index contributed by atoms with van der Waals surface area (Å²) in [5.74, 6) is 0. The fourth-order valence-corrected chi connectivity index (χ4v) is 9.65. The van der Waals surface area contributed by atoms with E-state index in [-0.39, 0.29) is 6.71 Å². The lowest BCUT2D eigenvalue weighted by molar-refractivity contribution is 1.30. The van der Waals surface area contributed by atoms with Crippen LogP contribution in [0.15, 0.2) is 182 Å². The number of hydrogen-bond acceptors (Lipinski definition) is 1. The molecule has 0 atom stereocenters. The molecule has 0 aliphatic heterocycles. The van der Waals surface area contributed by atoms with E-state index in [1.54, 1.807) is 0 Å². The number of anilines is 3. The first-order chi connectivity index (χ1) is 28.2. The van der Waals surface area contributed by atoms with Gasteiger partial charge >= 0.3 is 0 Å². The number of nitrogens with zero attached hydrogens (tertiary/aromatic N) is 1. The van der Waals surface area contributed by atoms with E-state index in [2.05, 4.69) is 228 Å². The Kier molecular flexibility index (Phi) is 9.80. The van der Waals surface area contributed by atoms with Gasteiger partial charge in [-0.2, -0.15) is 0 Å². The van der Waals surface area contributed by atoms with Crippen molar-refractivity contribution in [1.82, 2.24) is 0 Å². The van der Waals surface area contributed by atoms with Crippen molar-refractivity contribution in [3.05, 3.63) is 215 Å². The summed E-state index contributed by atoms with van der Waals surface area (Å²) in [6, 6.07) is 67.2. The molecule has 0 N–H and O–H groups in total. The van der Waals surface area contributed by atoms with Crippen LogP contribution in [0.1, 0.15) is 33.4 Å². The minimum absolute atomic E-state index is 0.140. The van der Waals surface area contributed by atoms with Gasteiger partial charge in [-0.25, -0.2) is 0 Å². The van der Waals surface area contributed by atoms with Crippen LogP contribution in [0.4, 0.5) is 17.1 Å². The van der Waals surface area contributed by atoms with Gasteiger partial charge in [0.2, 0.25) is 6.71 Å². The second-order valence-corrected chi connectivity index (χ2v) is 16.1. The van der Waals surface area contributed by atoms with Gasteiger partial charge in [0.1, 0.15) is 0 Å². The van der Waals surface area contributed by atoms with Crippen molar-refractivity contribution < 1.29 is 0 Å². The summed E-state index contributed by atoms with van der Waals surface area (Å²) in [5, 5.41) is 4.96. The quantitative estimate of drug-likeness (QED) is 0.140. The van der Waals surface area contributed by atoms with Gasteiger partial charge in [0.25, 0.3) is 0 Å². The molecular formula is C56H48BN. The third-order valence-corrected chi connectivity index (χ3v) is 12.0. The fraction of sp³-hybridized carbons (Fsp3) is 0.107. The van der Waals surface area contributed by atoms with E-state index < -0.39 is 0 Å². The van der Waals surface area contributed by atoms with Crippen LogP contribution in [0.3, 0.4) is 0 Å². The minimum atomic E-state index is 0.140. The lowest BCUT2D eigenvalue weighted by Gasteiger charge is -2.27. The van der Waals surface area contributed by atoms with E-state index in [0.717, 1.165) is 17.1 Å². The van der Waals surface area contributed by atoms with Gasteiger partial charge in [-0.15, -0.1) is 0 Å². The van der Waals surface area contributed by atoms with Crippen molar-refractivity contribution in [2.45, 2.75) is 41.5 Å². The highest BCUT2D eigenvalue weighted by atomic mass is 15.1. The predicted octanol–water partition coefficient (Wildman–Crippen LogP) is 13.2. The Morgan fingerprint density at radius 3 is 1.40 bits per heavy atom. The number of para-hydroxylation sites is 1. The maximum atomic E-state index is 2.37. The maximum Gasteiger partial charge on any atom is 0.242 e. The van der Waals surface area contributed by atoms with Crippen molar-refractivity contribution in [1.29, 1.82) is 0 Å². The zero-order valence-electron chi connectivity index (χ0n) is 34.3. The molecule has 0 unspecified atom stereocenters. The standard InChI is InChI=1S/C56H48BN/c1-37-33-39(3)55(40(4)34-37)57(56-41(5)35-38(2)36-42(56)6)47-29-25-44(26-30-47)51-22-12-17-46-18-13-23-52(54(46)51)45-27-31-49(32-28-45)58(48-19-8-7-9-20-48)53-24-14-16-43-15-10-11-21-50(43)53/h7-36H,1-6H3. The summed E-state index contributed by atoms with van der Waals surface area (Å²) < 4.78 is 0. The summed E-state index contributed by atoms with van der Waals surface area (Å²) in [6.07, 6.45) is 0. The molecule has 9 aromatic carbocycles. The third kappa shape index (κ3) is 6.79. The number of hydrogen-bond donors (Lipinski definition) is 0. The molecule has 2 heteroatoms. The van der Waals surface area contributed by atoms with E-state index in [1.807, 2.05) is 0 Å². The summed E-state index contributed by atoms with van der Waals surface area (Å²) in [6.45, 7) is 13.7. The molecule has 0 aromatic heterocycles. The Bertz CT molecular complexity index is 2830. The zero-order valence-corrected chi connectivity index (χ0v) is 34.3. The molecule has 0 fully saturated rings. The summed E-state index contributed by atoms with van der Waals surface area (Å²) in [7, 11) is 0. The van der Waals surface area contributed by atoms with E-state index in [1.165, 1.54) is 93.6 Å². The lowest BCUT2D eigenvalue weighted by atomic mass is 9.34. The van der Waals surface area contributed by atoms with Crippen LogP contribution in [0, 0.1) is 41.5 Å². The molecule has 0 saturated heterocycles. The van der Waals surface area contributed by atoms with Crippen molar-refractivity contribution in [3.63, 3.8) is 0 Å². The molecular weight excluding hydrogens is 697 g/mol. The lowest BCUT2D eigenvalue weighted by Crippen LogP contribution is -2.55. The van der Waals surface area contributed by atoms with Crippen molar-refractivity contribution >= 4 is 61.7 Å². The van der Waals surface area contributed by atoms with E-state index in [0.29, 0.717) is 0 Å². The molecule has 58 heavy (non-hydrogen) atoms. The van der Waals surface area contributed by atoms with Gasteiger partial charge in [0, 0.05) is 16.8 Å². The van der Waals surface area contributed by atoms with Crippen molar-refractivity contribution in [2.75, 3.05) is 4.90 Å². The van der Waals surface area contributed by atoms with E-state index in [4.69, 9.17) is 0 Å². The molecule has 0 radical (unpaired) electrons. The third-order valence-electron chi connectivity index (χ3n) is 12.0. The molecule has 0 amide bonds. The molecule has 0 spiro atoms. The Morgan fingerprint density at radius 1 is 0.379 bits per heavy atom. The van der Waals surface area contributed by atoms with Crippen molar-refractivity contribution in [2.24, 2.45) is 0 Å². The van der Waals surface area contributed by atoms with Crippen LogP contribution in [-0.2, 0) is 0 Å². The molecule has 0 bridgehead atoms. The van der Waals surface area contributed by atoms with Gasteiger partial charge in [0.05, 0.1) is 5.69 Å². The SMILES string of the molecule is Cc1cc(C)c(B(c2ccc(-c3cccc4cccc(-c5ccc(N(c6ccccc6)c6cccc7ccccc67)cc5)c34)cc2)c2c(C)cc(C)cc2C)c(C)c1. The maximum absolute atomic E-state index is 2.37. The average molecular weight is 746 g/mol. The largest absolute Gasteiger partial charge is 0.310 e. The van der Waals surface area contributed by atoms with Crippen LogP contribution in [0.5, 0.6) is 0 Å². The summed E-state index contributed by atoms with van der Waals surface area (Å²) >= 11 is 0. The summed E-state index contributed by atoms with van der Waals surface area (Å²) in [5.41, 5.74) is 20.5. The Labute approximate surface area is 344 Å². The first kappa shape index (κ1) is 37.0. The minimum Gasteiger partial charge on any atom is -0.310 e. The van der Waals surface area contributed by atoms with Crippen molar-refractivity contribution in [3.8, 4) is 22.3 Å². The second-order valence-electron chi connectivity index (χ2n) is 16.1. The number of fused-ring (bicyclic) bond motifs is 2. The molecule has 0 saturated carbocycles. The average Bonchev–Trinajstić information content (AvgIpc) is 3.23. The van der Waals surface area contributed by atoms with E-state index in [9.17, 15) is 0 Å². The normalized spacial score (nSPS) is 11.3. The summed E-state index contributed by atoms with van der Waals surface area (Å²) in [4.78, 5) is 2.37. The number of aryl methyl sites for hydroxylation is 6. The smallest absolute Gasteiger partial charge is 0.242 e. The van der Waals surface area contributed by atoms with Crippen LogP contribution in [0.2, 0.25) is 0 Å². The van der Waals surface area contributed by atoms with Gasteiger partial charge in [0.15, 0.2) is 0 Å². The topological polar surface area (TPSA) is 3.24 Å². The molecule has 0 aliphatic carbocycles. The first-order valence-electron chi connectivity index (χ1n) is 20.5. The molecule has 9 rings (SSSR count). The van der Waals surface area contributed by atoms with Gasteiger partial charge in [-0.1, -0.05) is 201 Å². The first-order valence-corrected chi connectivity index (χ1v) is 20.5. The Morgan fingerprint density at radius 2 is 0.828 bits per heavy atom. The Hall–Kier alpha value is -6.64. The number of benzene rings is 9. The van der Waals surface area contributed by atoms with Crippen LogP contribution in [0.25, 0.3) is 43.8 Å². The van der Waals surface area contributed by atoms with Gasteiger partial charge in [-0.3, -0.25) is 0 Å². The molecule has 280 valence electrons. The highest BCUT2D eigenvalue weighted by molar-refractivity contribution is 6.96. The molecule has 0 aliphatic rings. The van der Waals surface area contributed by atoms with Crippen LogP contribution < -0.4 is 21.3 Å².